The summed E-state index contributed by atoms with van der Waals surface area (Å²) in [7, 11) is 0. The highest BCUT2D eigenvalue weighted by Gasteiger charge is 1.92. The summed E-state index contributed by atoms with van der Waals surface area (Å²) in [5.74, 6) is 1.73. The van der Waals surface area contributed by atoms with Crippen molar-refractivity contribution < 1.29 is 0 Å². The fraction of sp³-hybridized carbons (Fsp3) is 0.857. The van der Waals surface area contributed by atoms with Crippen LogP contribution in [0.1, 0.15) is 67.7 Å². The average Bonchev–Trinajstić information content (AvgIpc) is 2.14. The van der Waals surface area contributed by atoms with Crippen molar-refractivity contribution in [3.05, 3.63) is 11.6 Å². The van der Waals surface area contributed by atoms with E-state index in [1.165, 1.54) is 24.8 Å². The summed E-state index contributed by atoms with van der Waals surface area (Å²) in [4.78, 5) is 0. The Labute approximate surface area is 91.8 Å². The zero-order valence-corrected chi connectivity index (χ0v) is 11.4. The van der Waals surface area contributed by atoms with Crippen molar-refractivity contribution in [1.29, 1.82) is 0 Å². The second kappa shape index (κ2) is 10.8. The lowest BCUT2D eigenvalue weighted by Crippen LogP contribution is -1.86. The molecule has 0 aliphatic rings. The Balaban J connectivity index is 0. The molecule has 0 saturated carbocycles. The van der Waals surface area contributed by atoms with Gasteiger partial charge in [-0.15, -0.1) is 0 Å². The molecule has 0 bridgehead atoms. The van der Waals surface area contributed by atoms with Gasteiger partial charge in [0, 0.05) is 0 Å². The molecule has 0 heterocycles. The molecule has 0 atom stereocenters. The SMILES string of the molecule is C/C=C(\C)CCC(C)C.CCC(C)C. The molecule has 0 rings (SSSR count). The molecule has 0 heteroatoms. The lowest BCUT2D eigenvalue weighted by molar-refractivity contribution is 0.584. The summed E-state index contributed by atoms with van der Waals surface area (Å²) in [5.41, 5.74) is 1.52. The predicted molar refractivity (Wildman–Crippen MR) is 68.6 cm³/mol. The van der Waals surface area contributed by atoms with E-state index in [9.17, 15) is 0 Å². The maximum atomic E-state index is 2.27. The van der Waals surface area contributed by atoms with Crippen molar-refractivity contribution in [2.75, 3.05) is 0 Å². The van der Waals surface area contributed by atoms with Crippen LogP contribution in [0.3, 0.4) is 0 Å². The molecule has 0 saturated heterocycles. The van der Waals surface area contributed by atoms with Crippen LogP contribution >= 0.6 is 0 Å². The van der Waals surface area contributed by atoms with Crippen molar-refractivity contribution in [2.45, 2.75) is 67.7 Å². The highest BCUT2D eigenvalue weighted by molar-refractivity contribution is 4.94. The van der Waals surface area contributed by atoms with Gasteiger partial charge in [0.2, 0.25) is 0 Å². The topological polar surface area (TPSA) is 0 Å². The lowest BCUT2D eigenvalue weighted by Gasteiger charge is -2.02. The van der Waals surface area contributed by atoms with Crippen molar-refractivity contribution in [3.63, 3.8) is 0 Å². The first-order chi connectivity index (χ1) is 6.43. The van der Waals surface area contributed by atoms with Crippen LogP contribution in [0.4, 0.5) is 0 Å². The van der Waals surface area contributed by atoms with Crippen LogP contribution in [-0.4, -0.2) is 0 Å². The first-order valence-electron chi connectivity index (χ1n) is 6.05. The van der Waals surface area contributed by atoms with Crippen LogP contribution in [0.25, 0.3) is 0 Å². The number of allylic oxidation sites excluding steroid dienone is 2. The van der Waals surface area contributed by atoms with E-state index in [0.29, 0.717) is 0 Å². The van der Waals surface area contributed by atoms with E-state index in [1.807, 2.05) is 0 Å². The monoisotopic (exact) mass is 198 g/mol. The van der Waals surface area contributed by atoms with E-state index >= 15 is 0 Å². The minimum absolute atomic E-state index is 0.847. The van der Waals surface area contributed by atoms with E-state index in [-0.39, 0.29) is 0 Å². The third-order valence-electron chi connectivity index (χ3n) is 2.43. The number of hydrogen-bond acceptors (Lipinski definition) is 0. The first-order valence-corrected chi connectivity index (χ1v) is 6.05. The third-order valence-corrected chi connectivity index (χ3v) is 2.43. The van der Waals surface area contributed by atoms with Crippen LogP contribution in [0.2, 0.25) is 0 Å². The molecule has 0 aromatic heterocycles. The molecule has 0 N–H and O–H groups in total. The molecule has 0 spiro atoms. The van der Waals surface area contributed by atoms with Crippen molar-refractivity contribution >= 4 is 0 Å². The van der Waals surface area contributed by atoms with Crippen LogP contribution in [0.5, 0.6) is 0 Å². The van der Waals surface area contributed by atoms with Crippen LogP contribution in [0, 0.1) is 11.8 Å². The van der Waals surface area contributed by atoms with E-state index in [1.54, 1.807) is 0 Å². The smallest absolute Gasteiger partial charge is 0.0321 e. The molecule has 0 aromatic rings. The summed E-state index contributed by atoms with van der Waals surface area (Å²) in [5, 5.41) is 0. The quantitative estimate of drug-likeness (QED) is 0.528. The van der Waals surface area contributed by atoms with Gasteiger partial charge in [-0.1, -0.05) is 52.7 Å². The molecule has 86 valence electrons. The minimum atomic E-state index is 0.847. The fourth-order valence-electron chi connectivity index (χ4n) is 0.661. The molecular weight excluding hydrogens is 168 g/mol. The largest absolute Gasteiger partial charge is 0.0887 e. The van der Waals surface area contributed by atoms with Gasteiger partial charge >= 0.3 is 0 Å². The summed E-state index contributed by atoms with van der Waals surface area (Å²) < 4.78 is 0. The standard InChI is InChI=1S/C9H18.C5H12/c1-5-9(4)7-6-8(2)3;1-4-5(2)3/h5,8H,6-7H2,1-4H3;5H,4H2,1-3H3/b9-5+;. The van der Waals surface area contributed by atoms with Crippen molar-refractivity contribution in [3.8, 4) is 0 Å². The Kier molecular flexibility index (Phi) is 12.5. The summed E-state index contributed by atoms with van der Waals surface area (Å²) in [6, 6.07) is 0. The van der Waals surface area contributed by atoms with E-state index in [0.717, 1.165) is 11.8 Å². The minimum Gasteiger partial charge on any atom is -0.0887 e. The Morgan fingerprint density at radius 3 is 1.71 bits per heavy atom. The van der Waals surface area contributed by atoms with Gasteiger partial charge in [-0.3, -0.25) is 0 Å². The average molecular weight is 198 g/mol. The molecule has 0 nitrogen and oxygen atoms in total. The normalized spacial score (nSPS) is 11.6. The summed E-state index contributed by atoms with van der Waals surface area (Å²) in [6.07, 6.45) is 6.10. The van der Waals surface area contributed by atoms with Gasteiger partial charge in [0.05, 0.1) is 0 Å². The summed E-state index contributed by atoms with van der Waals surface area (Å²) in [6.45, 7) is 15.5. The van der Waals surface area contributed by atoms with Gasteiger partial charge in [-0.05, 0) is 38.5 Å². The highest BCUT2D eigenvalue weighted by Crippen LogP contribution is 2.09. The molecule has 0 amide bonds. The van der Waals surface area contributed by atoms with Crippen LogP contribution in [-0.2, 0) is 0 Å². The molecule has 0 aliphatic heterocycles. The van der Waals surface area contributed by atoms with Gasteiger partial charge in [0.1, 0.15) is 0 Å². The Bertz CT molecular complexity index is 129. The maximum absolute atomic E-state index is 2.27. The molecule has 0 aromatic carbocycles. The molecule has 0 unspecified atom stereocenters. The zero-order valence-electron chi connectivity index (χ0n) is 11.4. The zero-order chi connectivity index (χ0) is 11.6. The van der Waals surface area contributed by atoms with Gasteiger partial charge in [0.25, 0.3) is 0 Å². The summed E-state index contributed by atoms with van der Waals surface area (Å²) >= 11 is 0. The Morgan fingerprint density at radius 1 is 1.07 bits per heavy atom. The van der Waals surface area contributed by atoms with Gasteiger partial charge in [0.15, 0.2) is 0 Å². The van der Waals surface area contributed by atoms with Crippen LogP contribution < -0.4 is 0 Å². The van der Waals surface area contributed by atoms with Gasteiger partial charge < -0.3 is 0 Å². The molecule has 0 aliphatic carbocycles. The Morgan fingerprint density at radius 2 is 1.50 bits per heavy atom. The van der Waals surface area contributed by atoms with E-state index < -0.39 is 0 Å². The van der Waals surface area contributed by atoms with E-state index in [4.69, 9.17) is 0 Å². The van der Waals surface area contributed by atoms with Crippen molar-refractivity contribution in [2.24, 2.45) is 11.8 Å². The number of hydrogen-bond donors (Lipinski definition) is 0. The van der Waals surface area contributed by atoms with Crippen LogP contribution in [0.15, 0.2) is 11.6 Å². The number of rotatable bonds is 4. The first kappa shape index (κ1) is 16.2. The Hall–Kier alpha value is -0.260. The maximum Gasteiger partial charge on any atom is -0.0321 e. The second-order valence-corrected chi connectivity index (χ2v) is 4.87. The van der Waals surface area contributed by atoms with E-state index in [2.05, 4.69) is 54.5 Å². The molecule has 14 heavy (non-hydrogen) atoms. The van der Waals surface area contributed by atoms with Gasteiger partial charge in [-0.25, -0.2) is 0 Å². The van der Waals surface area contributed by atoms with Gasteiger partial charge in [-0.2, -0.15) is 0 Å². The molecular formula is C14H30. The predicted octanol–water partition coefficient (Wildman–Crippen LogP) is 5.44. The fourth-order valence-corrected chi connectivity index (χ4v) is 0.661. The lowest BCUT2D eigenvalue weighted by atomic mass is 10.0. The third kappa shape index (κ3) is 17.7. The second-order valence-electron chi connectivity index (χ2n) is 4.87. The highest BCUT2D eigenvalue weighted by atomic mass is 14.0. The molecule has 0 radical (unpaired) electrons. The van der Waals surface area contributed by atoms with Crippen molar-refractivity contribution in [1.82, 2.24) is 0 Å². The molecule has 0 fully saturated rings.